The number of hydrogen-bond donors (Lipinski definition) is 0. The first kappa shape index (κ1) is 19.7. The number of halogens is 2. The molecule has 1 aliphatic rings. The summed E-state index contributed by atoms with van der Waals surface area (Å²) >= 11 is 12.1. The summed E-state index contributed by atoms with van der Waals surface area (Å²) in [6.45, 7) is 2.13. The SMILES string of the molecule is COC(=O)CC1(CC(C)=O)CCC(=O)N(Cc2ccc(Cl)cc2Cl)C1. The number of hydrogen-bond acceptors (Lipinski definition) is 4. The maximum Gasteiger partial charge on any atom is 0.306 e. The van der Waals surface area contributed by atoms with Crippen molar-refractivity contribution < 1.29 is 19.1 Å². The van der Waals surface area contributed by atoms with Crippen LogP contribution in [0.15, 0.2) is 18.2 Å². The zero-order valence-corrected chi connectivity index (χ0v) is 15.8. The Balaban J connectivity index is 2.23. The van der Waals surface area contributed by atoms with Crippen molar-refractivity contribution in [3.8, 4) is 0 Å². The standard InChI is InChI=1S/C18H21Cl2NO4/c1-12(22)8-18(9-17(24)25-2)6-5-16(23)21(11-18)10-13-3-4-14(19)7-15(13)20/h3-4,7H,5-6,8-11H2,1-2H3. The number of carbonyl (C=O) groups is 3. The molecule has 0 aromatic heterocycles. The fourth-order valence-corrected chi connectivity index (χ4v) is 3.83. The molecule has 136 valence electrons. The first-order valence-corrected chi connectivity index (χ1v) is 8.78. The third-order valence-corrected chi connectivity index (χ3v) is 5.08. The minimum Gasteiger partial charge on any atom is -0.469 e. The molecule has 5 nitrogen and oxygen atoms in total. The van der Waals surface area contributed by atoms with Gasteiger partial charge in [-0.2, -0.15) is 0 Å². The van der Waals surface area contributed by atoms with E-state index in [-0.39, 0.29) is 36.9 Å². The Morgan fingerprint density at radius 3 is 2.60 bits per heavy atom. The van der Waals surface area contributed by atoms with E-state index in [1.165, 1.54) is 14.0 Å². The van der Waals surface area contributed by atoms with Gasteiger partial charge in [0.15, 0.2) is 0 Å². The zero-order chi connectivity index (χ0) is 18.6. The molecule has 1 amide bonds. The topological polar surface area (TPSA) is 63.7 Å². The number of Topliss-reactive ketones (excluding diaryl/α,β-unsaturated/α-hetero) is 1. The van der Waals surface area contributed by atoms with Gasteiger partial charge in [-0.1, -0.05) is 29.3 Å². The van der Waals surface area contributed by atoms with Gasteiger partial charge in [-0.15, -0.1) is 0 Å². The van der Waals surface area contributed by atoms with E-state index in [1.807, 2.05) is 0 Å². The quantitative estimate of drug-likeness (QED) is 0.701. The lowest BCUT2D eigenvalue weighted by Gasteiger charge is -2.42. The number of rotatable bonds is 6. The van der Waals surface area contributed by atoms with E-state index >= 15 is 0 Å². The lowest BCUT2D eigenvalue weighted by molar-refractivity contribution is -0.150. The van der Waals surface area contributed by atoms with Gasteiger partial charge < -0.3 is 14.4 Å². The van der Waals surface area contributed by atoms with Crippen molar-refractivity contribution in [1.82, 2.24) is 4.90 Å². The molecule has 25 heavy (non-hydrogen) atoms. The molecule has 1 saturated heterocycles. The molecule has 0 radical (unpaired) electrons. The predicted molar refractivity (Wildman–Crippen MR) is 95.5 cm³/mol. The first-order valence-electron chi connectivity index (χ1n) is 8.03. The van der Waals surface area contributed by atoms with E-state index < -0.39 is 5.41 Å². The van der Waals surface area contributed by atoms with E-state index in [0.29, 0.717) is 29.6 Å². The third kappa shape index (κ3) is 5.19. The monoisotopic (exact) mass is 385 g/mol. The van der Waals surface area contributed by atoms with E-state index in [2.05, 4.69) is 0 Å². The second-order valence-electron chi connectivity index (χ2n) is 6.62. The van der Waals surface area contributed by atoms with Crippen molar-refractivity contribution in [3.63, 3.8) is 0 Å². The average molecular weight is 386 g/mol. The average Bonchev–Trinajstić information content (AvgIpc) is 2.53. The van der Waals surface area contributed by atoms with Gasteiger partial charge in [-0.05, 0) is 31.0 Å². The maximum atomic E-state index is 12.4. The number of carbonyl (C=O) groups excluding carboxylic acids is 3. The van der Waals surface area contributed by atoms with Crippen LogP contribution in [0.2, 0.25) is 10.0 Å². The van der Waals surface area contributed by atoms with Gasteiger partial charge >= 0.3 is 5.97 Å². The molecule has 0 N–H and O–H groups in total. The predicted octanol–water partition coefficient (Wildman–Crippen LogP) is 3.64. The number of ether oxygens (including phenoxy) is 1. The van der Waals surface area contributed by atoms with Crippen LogP contribution in [0, 0.1) is 5.41 Å². The summed E-state index contributed by atoms with van der Waals surface area (Å²) in [5, 5.41) is 1.01. The van der Waals surface area contributed by atoms with Crippen LogP contribution in [0.3, 0.4) is 0 Å². The molecule has 0 saturated carbocycles. The molecule has 1 aromatic rings. The molecule has 2 rings (SSSR count). The normalized spacial score (nSPS) is 20.5. The minimum absolute atomic E-state index is 0.0114. The number of nitrogens with zero attached hydrogens (tertiary/aromatic N) is 1. The Bertz CT molecular complexity index is 692. The number of benzene rings is 1. The maximum absolute atomic E-state index is 12.4. The molecule has 1 fully saturated rings. The highest BCUT2D eigenvalue weighted by atomic mass is 35.5. The smallest absolute Gasteiger partial charge is 0.306 e. The minimum atomic E-state index is -0.592. The fourth-order valence-electron chi connectivity index (χ4n) is 3.36. The third-order valence-electron chi connectivity index (χ3n) is 4.50. The number of amides is 1. The van der Waals surface area contributed by atoms with E-state index in [4.69, 9.17) is 27.9 Å². The van der Waals surface area contributed by atoms with Gasteiger partial charge in [0.05, 0.1) is 13.5 Å². The van der Waals surface area contributed by atoms with Crippen LogP contribution in [0.25, 0.3) is 0 Å². The van der Waals surface area contributed by atoms with Crippen LogP contribution in [0.1, 0.15) is 38.2 Å². The molecular formula is C18H21Cl2NO4. The van der Waals surface area contributed by atoms with E-state index in [0.717, 1.165) is 5.56 Å². The molecule has 1 unspecified atom stereocenters. The van der Waals surface area contributed by atoms with Gasteiger partial charge in [-0.3, -0.25) is 9.59 Å². The molecule has 7 heteroatoms. The van der Waals surface area contributed by atoms with Gasteiger partial charge in [0, 0.05) is 41.4 Å². The Hall–Kier alpha value is -1.59. The molecule has 1 heterocycles. The van der Waals surface area contributed by atoms with Crippen LogP contribution in [0.5, 0.6) is 0 Å². The summed E-state index contributed by atoms with van der Waals surface area (Å²) in [5.41, 5.74) is 0.183. The van der Waals surface area contributed by atoms with Crippen molar-refractivity contribution in [2.75, 3.05) is 13.7 Å². The van der Waals surface area contributed by atoms with Crippen LogP contribution in [-0.4, -0.2) is 36.2 Å². The molecule has 1 aliphatic heterocycles. The lowest BCUT2D eigenvalue weighted by atomic mass is 9.73. The van der Waals surface area contributed by atoms with Crippen LogP contribution >= 0.6 is 23.2 Å². The van der Waals surface area contributed by atoms with Crippen molar-refractivity contribution in [3.05, 3.63) is 33.8 Å². The van der Waals surface area contributed by atoms with Gasteiger partial charge in [0.25, 0.3) is 0 Å². The van der Waals surface area contributed by atoms with Crippen LogP contribution in [-0.2, 0) is 25.7 Å². The van der Waals surface area contributed by atoms with Gasteiger partial charge in [-0.25, -0.2) is 0 Å². The highest BCUT2D eigenvalue weighted by molar-refractivity contribution is 6.35. The largest absolute Gasteiger partial charge is 0.469 e. The number of likely N-dealkylation sites (tertiary alicyclic amines) is 1. The summed E-state index contributed by atoms with van der Waals surface area (Å²) in [7, 11) is 1.32. The number of esters is 1. The van der Waals surface area contributed by atoms with Gasteiger partial charge in [0.1, 0.15) is 5.78 Å². The highest BCUT2D eigenvalue weighted by Crippen LogP contribution is 2.39. The molecule has 0 bridgehead atoms. The summed E-state index contributed by atoms with van der Waals surface area (Å²) in [6, 6.07) is 5.12. The highest BCUT2D eigenvalue weighted by Gasteiger charge is 2.41. The number of methoxy groups -OCH3 is 1. The molecular weight excluding hydrogens is 365 g/mol. The second kappa shape index (κ2) is 8.19. The Labute approximate surface area is 157 Å². The Morgan fingerprint density at radius 1 is 1.28 bits per heavy atom. The van der Waals surface area contributed by atoms with Crippen LogP contribution in [0.4, 0.5) is 0 Å². The fraction of sp³-hybridized carbons (Fsp3) is 0.500. The van der Waals surface area contributed by atoms with E-state index in [9.17, 15) is 14.4 Å². The summed E-state index contributed by atoms with van der Waals surface area (Å²) in [5.74, 6) is -0.405. The number of ketones is 1. The molecule has 0 spiro atoms. The molecule has 1 atom stereocenters. The molecule has 1 aromatic carbocycles. The number of piperidine rings is 1. The van der Waals surface area contributed by atoms with Crippen LogP contribution < -0.4 is 0 Å². The Morgan fingerprint density at radius 2 is 2.00 bits per heavy atom. The van der Waals surface area contributed by atoms with E-state index in [1.54, 1.807) is 23.1 Å². The summed E-state index contributed by atoms with van der Waals surface area (Å²) < 4.78 is 4.78. The lowest BCUT2D eigenvalue weighted by Crippen LogP contribution is -2.47. The van der Waals surface area contributed by atoms with Crippen molar-refractivity contribution in [2.45, 2.75) is 39.2 Å². The van der Waals surface area contributed by atoms with Crippen molar-refractivity contribution in [1.29, 1.82) is 0 Å². The first-order chi connectivity index (χ1) is 11.7. The zero-order valence-electron chi connectivity index (χ0n) is 14.3. The summed E-state index contributed by atoms with van der Waals surface area (Å²) in [6.07, 6.45) is 1.13. The Kier molecular flexibility index (Phi) is 6.47. The van der Waals surface area contributed by atoms with Gasteiger partial charge in [0.2, 0.25) is 5.91 Å². The summed E-state index contributed by atoms with van der Waals surface area (Å²) in [4.78, 5) is 37.6. The molecule has 0 aliphatic carbocycles. The second-order valence-corrected chi connectivity index (χ2v) is 7.46. The van der Waals surface area contributed by atoms with Crippen molar-refractivity contribution in [2.24, 2.45) is 5.41 Å². The van der Waals surface area contributed by atoms with Crippen molar-refractivity contribution >= 4 is 40.9 Å².